The summed E-state index contributed by atoms with van der Waals surface area (Å²) in [5, 5.41) is 3.11. The fraction of sp³-hybridized carbons (Fsp3) is 0.381. The van der Waals surface area contributed by atoms with Crippen molar-refractivity contribution in [3.63, 3.8) is 0 Å². The molecule has 1 amide bonds. The van der Waals surface area contributed by atoms with E-state index in [2.05, 4.69) is 29.6 Å². The van der Waals surface area contributed by atoms with Crippen LogP contribution in [0.1, 0.15) is 35.6 Å². The molecule has 1 atom stereocenters. The highest BCUT2D eigenvalue weighted by atomic mass is 35.5. The van der Waals surface area contributed by atoms with Gasteiger partial charge in [0.2, 0.25) is 5.91 Å². The number of carbonyl (C=O) groups is 1. The van der Waals surface area contributed by atoms with Crippen molar-refractivity contribution in [2.24, 2.45) is 0 Å². The molecule has 3 rings (SSSR count). The van der Waals surface area contributed by atoms with Crippen LogP contribution in [0.2, 0.25) is 0 Å². The second kappa shape index (κ2) is 9.60. The number of benzene rings is 2. The number of carbonyl (C=O) groups excluding carboxylic acids is 1. The summed E-state index contributed by atoms with van der Waals surface area (Å²) in [6.45, 7) is 1.50. The summed E-state index contributed by atoms with van der Waals surface area (Å²) < 4.78 is 5.36. The first-order chi connectivity index (χ1) is 12.2. The molecule has 5 heteroatoms. The zero-order valence-corrected chi connectivity index (χ0v) is 16.2. The largest absolute Gasteiger partial charge is 0.497 e. The Hall–Kier alpha value is -2.04. The van der Waals surface area contributed by atoms with Crippen LogP contribution in [-0.4, -0.2) is 31.5 Å². The number of nitrogens with one attached hydrogen (secondary N) is 1. The fourth-order valence-corrected chi connectivity index (χ4v) is 3.48. The van der Waals surface area contributed by atoms with Gasteiger partial charge in [-0.1, -0.05) is 36.4 Å². The summed E-state index contributed by atoms with van der Waals surface area (Å²) in [5.41, 5.74) is 3.69. The molecule has 140 valence electrons. The zero-order chi connectivity index (χ0) is 17.6. The molecule has 26 heavy (non-hydrogen) atoms. The minimum Gasteiger partial charge on any atom is -0.497 e. The molecule has 2 aromatic carbocycles. The van der Waals surface area contributed by atoms with Gasteiger partial charge in [0.05, 0.1) is 13.2 Å². The second-order valence-electron chi connectivity index (χ2n) is 6.49. The van der Waals surface area contributed by atoms with E-state index in [1.54, 1.807) is 7.11 Å². The van der Waals surface area contributed by atoms with Crippen LogP contribution in [-0.2, 0) is 17.8 Å². The molecular formula is C21H27ClN2O2. The van der Waals surface area contributed by atoms with Crippen LogP contribution in [0, 0.1) is 0 Å². The number of fused-ring (bicyclic) bond motifs is 1. The number of halogens is 1. The third kappa shape index (κ3) is 4.57. The summed E-state index contributed by atoms with van der Waals surface area (Å²) in [6.07, 6.45) is 2.28. The van der Waals surface area contributed by atoms with Gasteiger partial charge in [-0.15, -0.1) is 12.4 Å². The molecule has 0 radical (unpaired) electrons. The predicted octanol–water partition coefficient (Wildman–Crippen LogP) is 3.74. The average molecular weight is 375 g/mol. The van der Waals surface area contributed by atoms with E-state index in [1.165, 1.54) is 16.7 Å². The highest BCUT2D eigenvalue weighted by molar-refractivity contribution is 5.85. The molecule has 1 N–H and O–H groups in total. The van der Waals surface area contributed by atoms with Gasteiger partial charge < -0.3 is 15.0 Å². The Balaban J connectivity index is 0.00000243. The molecular weight excluding hydrogens is 348 g/mol. The number of hydrogen-bond donors (Lipinski definition) is 1. The minimum atomic E-state index is 0. The smallest absolute Gasteiger partial charge is 0.223 e. The maximum absolute atomic E-state index is 12.9. The molecule has 0 saturated heterocycles. The van der Waals surface area contributed by atoms with Crippen molar-refractivity contribution in [1.29, 1.82) is 0 Å². The Bertz CT molecular complexity index is 721. The predicted molar refractivity (Wildman–Crippen MR) is 107 cm³/mol. The summed E-state index contributed by atoms with van der Waals surface area (Å²) in [6, 6.07) is 16.6. The molecule has 0 bridgehead atoms. The maximum Gasteiger partial charge on any atom is 0.223 e. The summed E-state index contributed by atoms with van der Waals surface area (Å²) in [4.78, 5) is 14.9. The van der Waals surface area contributed by atoms with E-state index in [0.717, 1.165) is 25.1 Å². The Kier molecular flexibility index (Phi) is 7.49. The highest BCUT2D eigenvalue weighted by Gasteiger charge is 2.30. The topological polar surface area (TPSA) is 41.6 Å². The van der Waals surface area contributed by atoms with E-state index in [-0.39, 0.29) is 24.4 Å². The Morgan fingerprint density at radius 3 is 2.65 bits per heavy atom. The first-order valence-electron chi connectivity index (χ1n) is 8.87. The van der Waals surface area contributed by atoms with Gasteiger partial charge in [-0.25, -0.2) is 0 Å². The number of methoxy groups -OCH3 is 1. The number of hydrogen-bond acceptors (Lipinski definition) is 3. The first kappa shape index (κ1) is 20.3. The molecule has 0 fully saturated rings. The molecule has 2 aromatic rings. The van der Waals surface area contributed by atoms with Gasteiger partial charge in [-0.2, -0.15) is 0 Å². The van der Waals surface area contributed by atoms with E-state index in [4.69, 9.17) is 4.74 Å². The molecule has 0 aromatic heterocycles. The first-order valence-corrected chi connectivity index (χ1v) is 8.87. The molecule has 0 spiro atoms. The van der Waals surface area contributed by atoms with Gasteiger partial charge >= 0.3 is 0 Å². The van der Waals surface area contributed by atoms with Crippen molar-refractivity contribution in [3.8, 4) is 5.75 Å². The van der Waals surface area contributed by atoms with Gasteiger partial charge in [0.1, 0.15) is 5.75 Å². The minimum absolute atomic E-state index is 0. The molecule has 1 heterocycles. The third-order valence-electron chi connectivity index (χ3n) is 4.87. The van der Waals surface area contributed by atoms with E-state index >= 15 is 0 Å². The molecule has 1 unspecified atom stereocenters. The molecule has 1 aliphatic heterocycles. The molecule has 1 aliphatic rings. The van der Waals surface area contributed by atoms with Crippen molar-refractivity contribution in [3.05, 3.63) is 65.2 Å². The lowest BCUT2D eigenvalue weighted by atomic mass is 9.89. The lowest BCUT2D eigenvalue weighted by Gasteiger charge is -2.37. The zero-order valence-electron chi connectivity index (χ0n) is 15.4. The molecule has 0 saturated carbocycles. The van der Waals surface area contributed by atoms with Crippen molar-refractivity contribution < 1.29 is 9.53 Å². The second-order valence-corrected chi connectivity index (χ2v) is 6.49. The van der Waals surface area contributed by atoms with Crippen molar-refractivity contribution in [2.45, 2.75) is 31.8 Å². The van der Waals surface area contributed by atoms with E-state index in [9.17, 15) is 4.79 Å². The monoisotopic (exact) mass is 374 g/mol. The fourth-order valence-electron chi connectivity index (χ4n) is 3.48. The standard InChI is InChI=1S/C21H26N2O2.ClH/c1-22-12-6-9-21(24)23-15-18-13-19(25-2)11-10-17(18)14-20(23)16-7-4-3-5-8-16;/h3-5,7-8,10-11,13,20,22H,6,9,12,14-15H2,1-2H3;1H. The van der Waals surface area contributed by atoms with Gasteiger partial charge in [-0.3, -0.25) is 4.79 Å². The van der Waals surface area contributed by atoms with Gasteiger partial charge in [0.15, 0.2) is 0 Å². The average Bonchev–Trinajstić information content (AvgIpc) is 2.67. The molecule has 0 aliphatic carbocycles. The Morgan fingerprint density at radius 1 is 1.19 bits per heavy atom. The normalized spacial score (nSPS) is 15.8. The van der Waals surface area contributed by atoms with Crippen molar-refractivity contribution in [1.82, 2.24) is 10.2 Å². The SMILES string of the molecule is CNCCCC(=O)N1Cc2cc(OC)ccc2CC1c1ccccc1.Cl. The summed E-state index contributed by atoms with van der Waals surface area (Å²) >= 11 is 0. The number of nitrogens with zero attached hydrogens (tertiary/aromatic N) is 1. The van der Waals surface area contributed by atoms with Crippen molar-refractivity contribution >= 4 is 18.3 Å². The lowest BCUT2D eigenvalue weighted by molar-refractivity contribution is -0.135. The van der Waals surface area contributed by atoms with Gasteiger partial charge in [0, 0.05) is 13.0 Å². The van der Waals surface area contributed by atoms with E-state index < -0.39 is 0 Å². The summed E-state index contributed by atoms with van der Waals surface area (Å²) in [7, 11) is 3.60. The highest BCUT2D eigenvalue weighted by Crippen LogP contribution is 2.35. The van der Waals surface area contributed by atoms with Crippen LogP contribution < -0.4 is 10.1 Å². The van der Waals surface area contributed by atoms with Crippen LogP contribution in [0.15, 0.2) is 48.5 Å². The van der Waals surface area contributed by atoms with E-state index in [1.807, 2.05) is 36.2 Å². The third-order valence-corrected chi connectivity index (χ3v) is 4.87. The molecule has 4 nitrogen and oxygen atoms in total. The van der Waals surface area contributed by atoms with Gasteiger partial charge in [-0.05, 0) is 55.3 Å². The van der Waals surface area contributed by atoms with Crippen molar-refractivity contribution in [2.75, 3.05) is 20.7 Å². The number of rotatable bonds is 6. The van der Waals surface area contributed by atoms with Crippen LogP contribution in [0.3, 0.4) is 0 Å². The van der Waals surface area contributed by atoms with Crippen LogP contribution in [0.5, 0.6) is 5.75 Å². The summed E-state index contributed by atoms with van der Waals surface area (Å²) in [5.74, 6) is 1.07. The number of amides is 1. The van der Waals surface area contributed by atoms with Crippen LogP contribution in [0.4, 0.5) is 0 Å². The maximum atomic E-state index is 12.9. The van der Waals surface area contributed by atoms with Crippen LogP contribution in [0.25, 0.3) is 0 Å². The van der Waals surface area contributed by atoms with E-state index in [0.29, 0.717) is 13.0 Å². The quantitative estimate of drug-likeness (QED) is 0.783. The van der Waals surface area contributed by atoms with Crippen LogP contribution >= 0.6 is 12.4 Å². The lowest BCUT2D eigenvalue weighted by Crippen LogP contribution is -2.39. The Labute approximate surface area is 162 Å². The number of ether oxygens (including phenoxy) is 1. The Morgan fingerprint density at radius 2 is 1.96 bits per heavy atom. The van der Waals surface area contributed by atoms with Gasteiger partial charge in [0.25, 0.3) is 0 Å².